The second-order valence-corrected chi connectivity index (χ2v) is 8.11. The van der Waals surface area contributed by atoms with E-state index in [0.717, 1.165) is 6.07 Å². The minimum absolute atomic E-state index is 0.0276. The molecule has 0 atom stereocenters. The molecular weight excluding hydrogens is 314 g/mol. The maximum atomic E-state index is 14.6. The van der Waals surface area contributed by atoms with Crippen LogP contribution >= 0.6 is 0 Å². The average Bonchev–Trinajstić information content (AvgIpc) is 2.55. The summed E-state index contributed by atoms with van der Waals surface area (Å²) >= 11 is 0. The first-order chi connectivity index (χ1) is 10.7. The Balaban J connectivity index is 2.47. The maximum absolute atomic E-state index is 14.6. The molecule has 6 nitrogen and oxygen atoms in total. The predicted octanol–water partition coefficient (Wildman–Crippen LogP) is 3.24. The first kappa shape index (κ1) is 18.7. The highest BCUT2D eigenvalue weighted by molar-refractivity contribution is 6.62. The van der Waals surface area contributed by atoms with Crippen molar-refractivity contribution >= 4 is 24.0 Å². The minimum Gasteiger partial charge on any atom is -0.399 e. The van der Waals surface area contributed by atoms with E-state index in [9.17, 15) is 14.5 Å². The number of halogens is 1. The summed E-state index contributed by atoms with van der Waals surface area (Å²) in [6, 6.07) is 2.31. The summed E-state index contributed by atoms with van der Waals surface area (Å²) in [6.07, 6.45) is 0. The van der Waals surface area contributed by atoms with Gasteiger partial charge in [-0.1, -0.05) is 0 Å². The third kappa shape index (κ3) is 3.54. The van der Waals surface area contributed by atoms with Crippen LogP contribution in [0.15, 0.2) is 12.1 Å². The second-order valence-electron chi connectivity index (χ2n) is 8.11. The standard InChI is InChI=1S/C16H24BFN2O4/c1-14(2,3)19-12-9-11(18)10(8-13(12)20(21)22)17-23-15(4,5)16(6,7)24-17/h8-9,19H,1-7H3. The van der Waals surface area contributed by atoms with E-state index in [1.165, 1.54) is 6.07 Å². The van der Waals surface area contributed by atoms with E-state index in [1.807, 2.05) is 48.5 Å². The van der Waals surface area contributed by atoms with Gasteiger partial charge in [-0.15, -0.1) is 0 Å². The minimum atomic E-state index is -0.989. The average molecular weight is 338 g/mol. The summed E-state index contributed by atoms with van der Waals surface area (Å²) < 4.78 is 26.2. The van der Waals surface area contributed by atoms with Crippen LogP contribution in [0.3, 0.4) is 0 Å². The highest BCUT2D eigenvalue weighted by atomic mass is 19.1. The molecule has 1 aliphatic rings. The van der Waals surface area contributed by atoms with Gasteiger partial charge in [-0.3, -0.25) is 10.1 Å². The van der Waals surface area contributed by atoms with Crippen LogP contribution < -0.4 is 10.8 Å². The lowest BCUT2D eigenvalue weighted by atomic mass is 9.78. The Morgan fingerprint density at radius 3 is 2.08 bits per heavy atom. The molecule has 8 heteroatoms. The Hall–Kier alpha value is -1.67. The van der Waals surface area contributed by atoms with Crippen LogP contribution in [0, 0.1) is 15.9 Å². The fraction of sp³-hybridized carbons (Fsp3) is 0.625. The van der Waals surface area contributed by atoms with Crippen LogP contribution in [0.4, 0.5) is 15.8 Å². The van der Waals surface area contributed by atoms with Crippen LogP contribution in [-0.4, -0.2) is 28.8 Å². The maximum Gasteiger partial charge on any atom is 0.498 e. The van der Waals surface area contributed by atoms with Gasteiger partial charge in [0.15, 0.2) is 0 Å². The van der Waals surface area contributed by atoms with Gasteiger partial charge in [-0.05, 0) is 48.5 Å². The Morgan fingerprint density at radius 1 is 1.17 bits per heavy atom. The molecule has 0 saturated carbocycles. The molecule has 0 unspecified atom stereocenters. The van der Waals surface area contributed by atoms with Crippen molar-refractivity contribution in [3.8, 4) is 0 Å². The van der Waals surface area contributed by atoms with Gasteiger partial charge in [0.25, 0.3) is 5.69 Å². The number of nitro benzene ring substituents is 1. The lowest BCUT2D eigenvalue weighted by Crippen LogP contribution is -2.41. The molecule has 0 amide bonds. The Morgan fingerprint density at radius 2 is 1.67 bits per heavy atom. The lowest BCUT2D eigenvalue weighted by Gasteiger charge is -2.32. The molecule has 2 rings (SSSR count). The van der Waals surface area contributed by atoms with E-state index >= 15 is 0 Å². The Labute approximate surface area is 142 Å². The summed E-state index contributed by atoms with van der Waals surface area (Å²) in [6.45, 7) is 12.9. The van der Waals surface area contributed by atoms with E-state index in [4.69, 9.17) is 9.31 Å². The zero-order valence-electron chi connectivity index (χ0n) is 15.2. The molecular formula is C16H24BFN2O4. The molecule has 1 heterocycles. The number of anilines is 1. The van der Waals surface area contributed by atoms with Crippen molar-refractivity contribution in [2.24, 2.45) is 0 Å². The molecule has 24 heavy (non-hydrogen) atoms. The van der Waals surface area contributed by atoms with Crippen molar-refractivity contribution in [1.29, 1.82) is 0 Å². The summed E-state index contributed by atoms with van der Waals surface area (Å²) in [7, 11) is -0.989. The van der Waals surface area contributed by atoms with Crippen LogP contribution in [0.1, 0.15) is 48.5 Å². The second kappa shape index (κ2) is 5.70. The molecule has 1 aromatic carbocycles. The highest BCUT2D eigenvalue weighted by Crippen LogP contribution is 2.37. The molecule has 0 aliphatic carbocycles. The van der Waals surface area contributed by atoms with Gasteiger partial charge >= 0.3 is 7.12 Å². The van der Waals surface area contributed by atoms with Gasteiger partial charge in [0.1, 0.15) is 11.5 Å². The molecule has 1 aliphatic heterocycles. The van der Waals surface area contributed by atoms with Gasteiger partial charge in [-0.2, -0.15) is 0 Å². The van der Waals surface area contributed by atoms with E-state index in [1.54, 1.807) is 0 Å². The molecule has 132 valence electrons. The molecule has 0 bridgehead atoms. The summed E-state index contributed by atoms with van der Waals surface area (Å²) in [5.74, 6) is -0.606. The smallest absolute Gasteiger partial charge is 0.399 e. The van der Waals surface area contributed by atoms with E-state index in [-0.39, 0.29) is 16.8 Å². The van der Waals surface area contributed by atoms with Crippen LogP contribution in [0.2, 0.25) is 0 Å². The normalized spacial score (nSPS) is 19.4. The van der Waals surface area contributed by atoms with E-state index < -0.39 is 34.6 Å². The van der Waals surface area contributed by atoms with Gasteiger partial charge in [0.2, 0.25) is 0 Å². The fourth-order valence-corrected chi connectivity index (χ4v) is 2.38. The number of rotatable bonds is 3. The van der Waals surface area contributed by atoms with Crippen LogP contribution in [0.5, 0.6) is 0 Å². The fourth-order valence-electron chi connectivity index (χ4n) is 2.38. The molecule has 1 aromatic rings. The lowest BCUT2D eigenvalue weighted by molar-refractivity contribution is -0.383. The predicted molar refractivity (Wildman–Crippen MR) is 92.1 cm³/mol. The number of nitrogens with zero attached hydrogens (tertiary/aromatic N) is 1. The first-order valence-corrected chi connectivity index (χ1v) is 7.85. The Bertz CT molecular complexity index is 655. The molecule has 1 fully saturated rings. The van der Waals surface area contributed by atoms with Crippen molar-refractivity contribution < 1.29 is 18.6 Å². The van der Waals surface area contributed by atoms with Crippen molar-refractivity contribution in [2.75, 3.05) is 5.32 Å². The van der Waals surface area contributed by atoms with E-state index in [2.05, 4.69) is 5.32 Å². The van der Waals surface area contributed by atoms with Crippen molar-refractivity contribution in [3.63, 3.8) is 0 Å². The van der Waals surface area contributed by atoms with Crippen molar-refractivity contribution in [1.82, 2.24) is 0 Å². The van der Waals surface area contributed by atoms with Crippen molar-refractivity contribution in [2.45, 2.75) is 65.2 Å². The monoisotopic (exact) mass is 338 g/mol. The number of nitro groups is 1. The molecule has 0 radical (unpaired) electrons. The third-order valence-electron chi connectivity index (χ3n) is 4.33. The Kier molecular flexibility index (Phi) is 4.44. The third-order valence-corrected chi connectivity index (χ3v) is 4.33. The zero-order valence-corrected chi connectivity index (χ0v) is 15.2. The number of hydrogen-bond donors (Lipinski definition) is 1. The number of nitrogens with one attached hydrogen (secondary N) is 1. The van der Waals surface area contributed by atoms with Gasteiger partial charge in [0, 0.05) is 23.1 Å². The molecule has 1 N–H and O–H groups in total. The van der Waals surface area contributed by atoms with Crippen LogP contribution in [0.25, 0.3) is 0 Å². The quantitative estimate of drug-likeness (QED) is 0.520. The molecule has 0 spiro atoms. The summed E-state index contributed by atoms with van der Waals surface area (Å²) in [5, 5.41) is 14.4. The van der Waals surface area contributed by atoms with Crippen molar-refractivity contribution in [3.05, 3.63) is 28.1 Å². The van der Waals surface area contributed by atoms with E-state index in [0.29, 0.717) is 0 Å². The van der Waals surface area contributed by atoms with Crippen LogP contribution in [-0.2, 0) is 9.31 Å². The summed E-state index contributed by atoms with van der Waals surface area (Å²) in [4.78, 5) is 10.9. The topological polar surface area (TPSA) is 73.6 Å². The summed E-state index contributed by atoms with van der Waals surface area (Å²) in [5.41, 5.74) is -1.80. The zero-order chi connectivity index (χ0) is 18.5. The molecule has 0 aromatic heterocycles. The number of benzene rings is 1. The first-order valence-electron chi connectivity index (χ1n) is 7.85. The van der Waals surface area contributed by atoms with Gasteiger partial charge in [-0.25, -0.2) is 4.39 Å². The molecule has 1 saturated heterocycles. The SMILES string of the molecule is CC(C)(C)Nc1cc(F)c(B2OC(C)(C)C(C)(C)O2)cc1[N+](=O)[O-]. The highest BCUT2D eigenvalue weighted by Gasteiger charge is 2.52. The van der Waals surface area contributed by atoms with Gasteiger partial charge < -0.3 is 14.6 Å². The van der Waals surface area contributed by atoms with Gasteiger partial charge in [0.05, 0.1) is 16.1 Å². The number of hydrogen-bond acceptors (Lipinski definition) is 5. The largest absolute Gasteiger partial charge is 0.498 e.